The number of rotatable bonds is 6. The maximum atomic E-state index is 13.2. The van der Waals surface area contributed by atoms with Crippen LogP contribution in [0, 0.1) is 5.82 Å². The molecular weight excluding hydrogens is 365 g/mol. The van der Waals surface area contributed by atoms with E-state index in [9.17, 15) is 12.8 Å². The van der Waals surface area contributed by atoms with Crippen molar-refractivity contribution in [3.8, 4) is 0 Å². The van der Waals surface area contributed by atoms with E-state index in [1.807, 2.05) is 13.1 Å². The van der Waals surface area contributed by atoms with Gasteiger partial charge in [0.1, 0.15) is 5.82 Å². The van der Waals surface area contributed by atoms with E-state index >= 15 is 0 Å². The number of halogens is 2. The van der Waals surface area contributed by atoms with Gasteiger partial charge < -0.3 is 5.32 Å². The summed E-state index contributed by atoms with van der Waals surface area (Å²) in [6.45, 7) is 1.26. The number of hydrogen-bond donors (Lipinski definition) is 1. The zero-order valence-corrected chi connectivity index (χ0v) is 15.5. The zero-order valence-electron chi connectivity index (χ0n) is 13.9. The van der Waals surface area contributed by atoms with Gasteiger partial charge in [-0.25, -0.2) is 8.70 Å². The zero-order chi connectivity index (χ0) is 17.2. The van der Waals surface area contributed by atoms with E-state index in [4.69, 9.17) is 0 Å². The van der Waals surface area contributed by atoms with Gasteiger partial charge in [0.25, 0.3) is 0 Å². The number of nitrogens with one attached hydrogen (secondary N) is 1. The molecule has 5 nitrogen and oxygen atoms in total. The van der Waals surface area contributed by atoms with Crippen molar-refractivity contribution in [3.05, 3.63) is 54.3 Å². The van der Waals surface area contributed by atoms with Crippen LogP contribution in [0.25, 0.3) is 0 Å². The van der Waals surface area contributed by atoms with Gasteiger partial charge >= 0.3 is 10.2 Å². The van der Waals surface area contributed by atoms with E-state index in [-0.39, 0.29) is 12.4 Å². The summed E-state index contributed by atoms with van der Waals surface area (Å²) in [6.07, 6.45) is 1.65. The van der Waals surface area contributed by atoms with Crippen LogP contribution in [0.1, 0.15) is 12.8 Å². The van der Waals surface area contributed by atoms with Gasteiger partial charge in [0.2, 0.25) is 0 Å². The Labute approximate surface area is 154 Å². The Bertz CT molecular complexity index is 815. The Hall–Kier alpha value is -1.83. The summed E-state index contributed by atoms with van der Waals surface area (Å²) in [5.74, 6) is -0.396. The van der Waals surface area contributed by atoms with Gasteiger partial charge in [-0.3, -0.25) is 4.31 Å². The van der Waals surface area contributed by atoms with E-state index in [1.165, 1.54) is 32.9 Å². The summed E-state index contributed by atoms with van der Waals surface area (Å²) in [5, 5.41) is 3.06. The minimum absolute atomic E-state index is 0. The molecule has 25 heavy (non-hydrogen) atoms. The number of fused-ring (bicyclic) bond motifs is 1. The van der Waals surface area contributed by atoms with E-state index in [1.54, 1.807) is 18.2 Å². The molecule has 8 heteroatoms. The molecule has 3 rings (SSSR count). The van der Waals surface area contributed by atoms with Crippen molar-refractivity contribution in [1.82, 2.24) is 5.32 Å². The molecule has 2 aromatic carbocycles. The molecule has 136 valence electrons. The van der Waals surface area contributed by atoms with Crippen LogP contribution in [0.2, 0.25) is 0 Å². The molecular formula is C17H21ClFN3O2S. The lowest BCUT2D eigenvalue weighted by atomic mass is 10.2. The first-order chi connectivity index (χ1) is 11.6. The Kier molecular flexibility index (Phi) is 6.26. The Morgan fingerprint density at radius 1 is 1.00 bits per heavy atom. The van der Waals surface area contributed by atoms with Gasteiger partial charge in [-0.05, 0) is 62.8 Å². The molecule has 0 saturated carbocycles. The van der Waals surface area contributed by atoms with Crippen LogP contribution in [0.3, 0.4) is 0 Å². The smallest absolute Gasteiger partial charge is 0.320 e. The summed E-state index contributed by atoms with van der Waals surface area (Å²) in [7, 11) is -1.84. The topological polar surface area (TPSA) is 52.6 Å². The number of para-hydroxylation sites is 2. The molecule has 2 aromatic rings. The molecule has 0 unspecified atom stereocenters. The fraction of sp³-hybridized carbons (Fsp3) is 0.294. The number of nitrogens with zero attached hydrogens (tertiary/aromatic N) is 2. The number of anilines is 3. The molecule has 0 saturated heterocycles. The van der Waals surface area contributed by atoms with E-state index in [2.05, 4.69) is 5.32 Å². The third kappa shape index (κ3) is 3.73. The largest absolute Gasteiger partial charge is 0.330 e. The Morgan fingerprint density at radius 3 is 2.28 bits per heavy atom. The maximum absolute atomic E-state index is 13.2. The van der Waals surface area contributed by atoms with Crippen LogP contribution < -0.4 is 13.9 Å². The molecule has 0 aromatic heterocycles. The fourth-order valence-electron chi connectivity index (χ4n) is 2.84. The molecule has 1 N–H and O–H groups in total. The highest BCUT2D eigenvalue weighted by molar-refractivity contribution is 7.95. The van der Waals surface area contributed by atoms with Crippen molar-refractivity contribution in [1.29, 1.82) is 0 Å². The number of benzene rings is 2. The first-order valence-corrected chi connectivity index (χ1v) is 9.27. The average Bonchev–Trinajstić information content (AvgIpc) is 2.79. The summed E-state index contributed by atoms with van der Waals surface area (Å²) in [4.78, 5) is 0. The highest BCUT2D eigenvalue weighted by atomic mass is 35.5. The standard InChI is InChI=1S/C17H20FN3O2S.ClH/c1-19-12-4-5-13-20-16-6-2-3-7-17(16)21(24(20,22)23)15-10-8-14(18)9-11-15;/h2-3,6-11,19H,4-5,12-13H2,1H3;1H. The lowest BCUT2D eigenvalue weighted by molar-refractivity contribution is 0.589. The molecule has 1 heterocycles. The van der Waals surface area contributed by atoms with Gasteiger partial charge in [0.15, 0.2) is 0 Å². The summed E-state index contributed by atoms with van der Waals surface area (Å²) in [5.41, 5.74) is 1.69. The maximum Gasteiger partial charge on any atom is 0.330 e. The van der Waals surface area contributed by atoms with E-state index in [0.29, 0.717) is 23.6 Å². The minimum Gasteiger partial charge on any atom is -0.320 e. The van der Waals surface area contributed by atoms with Crippen LogP contribution >= 0.6 is 12.4 Å². The highest BCUT2D eigenvalue weighted by Gasteiger charge is 2.40. The summed E-state index contributed by atoms with van der Waals surface area (Å²) in [6, 6.07) is 12.7. The van der Waals surface area contributed by atoms with Crippen molar-refractivity contribution in [2.75, 3.05) is 28.7 Å². The van der Waals surface area contributed by atoms with Gasteiger partial charge in [0, 0.05) is 6.54 Å². The molecule has 0 bridgehead atoms. The Morgan fingerprint density at radius 2 is 1.64 bits per heavy atom. The number of hydrogen-bond acceptors (Lipinski definition) is 3. The van der Waals surface area contributed by atoms with Crippen molar-refractivity contribution < 1.29 is 12.8 Å². The quantitative estimate of drug-likeness (QED) is 0.775. The summed E-state index contributed by atoms with van der Waals surface area (Å²) >= 11 is 0. The SMILES string of the molecule is CNCCCCN1c2ccccc2N(c2ccc(F)cc2)S1(=O)=O.Cl. The van der Waals surface area contributed by atoms with Gasteiger partial charge in [-0.2, -0.15) is 8.42 Å². The molecule has 0 amide bonds. The minimum atomic E-state index is -3.72. The fourth-order valence-corrected chi connectivity index (χ4v) is 4.59. The third-order valence-corrected chi connectivity index (χ3v) is 5.78. The molecule has 1 aliphatic heterocycles. The van der Waals surface area contributed by atoms with Gasteiger partial charge in [0.05, 0.1) is 17.1 Å². The third-order valence-electron chi connectivity index (χ3n) is 3.98. The second-order valence-corrected chi connectivity index (χ2v) is 7.32. The van der Waals surface area contributed by atoms with Gasteiger partial charge in [-0.15, -0.1) is 12.4 Å². The van der Waals surface area contributed by atoms with Crippen molar-refractivity contribution in [3.63, 3.8) is 0 Å². The van der Waals surface area contributed by atoms with Crippen molar-refractivity contribution >= 4 is 39.7 Å². The Balaban J connectivity index is 0.00000225. The number of unbranched alkanes of at least 4 members (excludes halogenated alkanes) is 1. The highest BCUT2D eigenvalue weighted by Crippen LogP contribution is 2.45. The first kappa shape index (κ1) is 19.5. The van der Waals surface area contributed by atoms with Crippen molar-refractivity contribution in [2.45, 2.75) is 12.8 Å². The monoisotopic (exact) mass is 385 g/mol. The molecule has 0 atom stereocenters. The van der Waals surface area contributed by atoms with E-state index in [0.717, 1.165) is 19.4 Å². The first-order valence-electron chi connectivity index (χ1n) is 7.88. The predicted octanol–water partition coefficient (Wildman–Crippen LogP) is 3.45. The second-order valence-electron chi connectivity index (χ2n) is 5.62. The van der Waals surface area contributed by atoms with Crippen LogP contribution in [-0.4, -0.2) is 28.6 Å². The lowest BCUT2D eigenvalue weighted by Crippen LogP contribution is -2.36. The molecule has 0 radical (unpaired) electrons. The normalized spacial score (nSPS) is 15.0. The van der Waals surface area contributed by atoms with Crippen LogP contribution in [-0.2, 0) is 10.2 Å². The van der Waals surface area contributed by atoms with Crippen molar-refractivity contribution in [2.24, 2.45) is 0 Å². The lowest BCUT2D eigenvalue weighted by Gasteiger charge is -2.21. The molecule has 0 fully saturated rings. The molecule has 0 spiro atoms. The van der Waals surface area contributed by atoms with Crippen LogP contribution in [0.5, 0.6) is 0 Å². The summed E-state index contributed by atoms with van der Waals surface area (Å²) < 4.78 is 42.0. The van der Waals surface area contributed by atoms with E-state index < -0.39 is 16.0 Å². The van der Waals surface area contributed by atoms with Crippen LogP contribution in [0.15, 0.2) is 48.5 Å². The molecule has 0 aliphatic carbocycles. The average molecular weight is 386 g/mol. The second kappa shape index (κ2) is 8.03. The predicted molar refractivity (Wildman–Crippen MR) is 102 cm³/mol. The van der Waals surface area contributed by atoms with Crippen LogP contribution in [0.4, 0.5) is 21.5 Å². The molecule has 1 aliphatic rings. The van der Waals surface area contributed by atoms with Gasteiger partial charge in [-0.1, -0.05) is 12.1 Å².